The van der Waals surface area contributed by atoms with Crippen LogP contribution in [0.2, 0.25) is 0 Å². The van der Waals surface area contributed by atoms with E-state index in [1.807, 2.05) is 47.0 Å². The molecular formula is C21H18N4OS2. The molecule has 5 nitrogen and oxygen atoms in total. The Morgan fingerprint density at radius 1 is 1.25 bits per heavy atom. The van der Waals surface area contributed by atoms with Gasteiger partial charge in [0.05, 0.1) is 23.9 Å². The molecule has 4 rings (SSSR count). The fourth-order valence-electron chi connectivity index (χ4n) is 3.11. The predicted octanol–water partition coefficient (Wildman–Crippen LogP) is 3.97. The quantitative estimate of drug-likeness (QED) is 0.495. The molecule has 1 N–H and O–H groups in total. The summed E-state index contributed by atoms with van der Waals surface area (Å²) in [6.45, 7) is 0.591. The number of rotatable bonds is 6. The fourth-order valence-corrected chi connectivity index (χ4v) is 5.04. The molecule has 0 aliphatic carbocycles. The lowest BCUT2D eigenvalue weighted by atomic mass is 10.1. The third-order valence-corrected chi connectivity index (χ3v) is 6.56. The standard InChI is InChI=1S/C21H18N4OS2/c22-12-15-6-8-16(9-7-15)19-14-28-21-24-13-18(25(19)21)20(26)23-10-11-27-17-4-2-1-3-5-17/h1-9,13,19H,10-11,14H2,(H,23,26). The highest BCUT2D eigenvalue weighted by Crippen LogP contribution is 2.37. The molecule has 1 aliphatic rings. The number of hydrogen-bond donors (Lipinski definition) is 1. The van der Waals surface area contributed by atoms with Crippen LogP contribution in [0.4, 0.5) is 0 Å². The number of amides is 1. The summed E-state index contributed by atoms with van der Waals surface area (Å²) in [7, 11) is 0. The number of aromatic nitrogens is 2. The third kappa shape index (κ3) is 3.93. The van der Waals surface area contributed by atoms with Crippen LogP contribution in [0.15, 0.2) is 70.8 Å². The van der Waals surface area contributed by atoms with Gasteiger partial charge in [-0.25, -0.2) is 4.98 Å². The van der Waals surface area contributed by atoms with Gasteiger partial charge in [-0.15, -0.1) is 11.8 Å². The number of nitrogens with zero attached hydrogens (tertiary/aromatic N) is 3. The first-order valence-electron chi connectivity index (χ1n) is 8.92. The highest BCUT2D eigenvalue weighted by molar-refractivity contribution is 7.99. The molecule has 1 aliphatic heterocycles. The van der Waals surface area contributed by atoms with Crippen LogP contribution in [0.25, 0.3) is 0 Å². The normalized spacial score (nSPS) is 15.0. The molecule has 0 saturated carbocycles. The number of benzene rings is 2. The summed E-state index contributed by atoms with van der Waals surface area (Å²) in [6, 6.07) is 19.9. The number of nitriles is 1. The minimum absolute atomic E-state index is 0.0506. The molecule has 0 saturated heterocycles. The Morgan fingerprint density at radius 2 is 2.04 bits per heavy atom. The first-order valence-corrected chi connectivity index (χ1v) is 10.9. The lowest BCUT2D eigenvalue weighted by Gasteiger charge is -2.16. The van der Waals surface area contributed by atoms with Crippen molar-refractivity contribution in [2.24, 2.45) is 0 Å². The van der Waals surface area contributed by atoms with E-state index in [0.717, 1.165) is 22.2 Å². The Hall–Kier alpha value is -2.69. The van der Waals surface area contributed by atoms with Crippen molar-refractivity contribution in [3.05, 3.63) is 77.6 Å². The monoisotopic (exact) mass is 406 g/mol. The summed E-state index contributed by atoms with van der Waals surface area (Å²) >= 11 is 3.37. The van der Waals surface area contributed by atoms with E-state index in [4.69, 9.17) is 5.26 Å². The molecule has 2 aromatic carbocycles. The summed E-state index contributed by atoms with van der Waals surface area (Å²) in [5.41, 5.74) is 2.30. The smallest absolute Gasteiger partial charge is 0.269 e. The maximum absolute atomic E-state index is 12.7. The average molecular weight is 407 g/mol. The van der Waals surface area contributed by atoms with Crippen molar-refractivity contribution in [3.63, 3.8) is 0 Å². The van der Waals surface area contributed by atoms with E-state index in [1.54, 1.807) is 29.7 Å². The van der Waals surface area contributed by atoms with Gasteiger partial charge in [0, 0.05) is 22.9 Å². The number of carbonyl (C=O) groups excluding carboxylic acids is 1. The van der Waals surface area contributed by atoms with Crippen LogP contribution in [-0.2, 0) is 0 Å². The van der Waals surface area contributed by atoms with E-state index in [9.17, 15) is 4.79 Å². The van der Waals surface area contributed by atoms with Crippen molar-refractivity contribution in [1.29, 1.82) is 5.26 Å². The number of nitrogens with one attached hydrogen (secondary N) is 1. The van der Waals surface area contributed by atoms with Crippen LogP contribution < -0.4 is 5.32 Å². The topological polar surface area (TPSA) is 70.7 Å². The average Bonchev–Trinajstić information content (AvgIpc) is 3.34. The Bertz CT molecular complexity index is 1010. The molecule has 1 aromatic heterocycles. The molecule has 0 radical (unpaired) electrons. The second-order valence-electron chi connectivity index (χ2n) is 6.27. The summed E-state index contributed by atoms with van der Waals surface area (Å²) in [5, 5.41) is 12.8. The van der Waals surface area contributed by atoms with Crippen molar-refractivity contribution < 1.29 is 4.79 Å². The number of thioether (sulfide) groups is 2. The lowest BCUT2D eigenvalue weighted by molar-refractivity contribution is 0.0945. The van der Waals surface area contributed by atoms with Crippen molar-refractivity contribution in [2.45, 2.75) is 16.1 Å². The van der Waals surface area contributed by atoms with Crippen LogP contribution in [0.5, 0.6) is 0 Å². The highest BCUT2D eigenvalue weighted by Gasteiger charge is 2.30. The third-order valence-electron chi connectivity index (χ3n) is 4.50. The molecular weight excluding hydrogens is 388 g/mol. The molecule has 1 amide bonds. The Labute approximate surface area is 172 Å². The van der Waals surface area contributed by atoms with E-state index in [1.165, 1.54) is 4.90 Å². The first-order chi connectivity index (χ1) is 13.8. The summed E-state index contributed by atoms with van der Waals surface area (Å²) in [5.74, 6) is 1.54. The van der Waals surface area contributed by atoms with Crippen molar-refractivity contribution >= 4 is 29.4 Å². The van der Waals surface area contributed by atoms with Gasteiger partial charge in [0.2, 0.25) is 0 Å². The van der Waals surface area contributed by atoms with Gasteiger partial charge in [-0.2, -0.15) is 5.26 Å². The molecule has 0 spiro atoms. The number of imidazole rings is 1. The van der Waals surface area contributed by atoms with Crippen LogP contribution >= 0.6 is 23.5 Å². The van der Waals surface area contributed by atoms with Crippen molar-refractivity contribution in [2.75, 3.05) is 18.1 Å². The second kappa shape index (κ2) is 8.55. The van der Waals surface area contributed by atoms with Crippen LogP contribution in [0.1, 0.15) is 27.7 Å². The molecule has 1 atom stereocenters. The Kier molecular flexibility index (Phi) is 5.70. The van der Waals surface area contributed by atoms with Gasteiger partial charge in [0.25, 0.3) is 5.91 Å². The molecule has 1 unspecified atom stereocenters. The van der Waals surface area contributed by atoms with Gasteiger partial charge in [-0.1, -0.05) is 42.1 Å². The van der Waals surface area contributed by atoms with E-state index in [2.05, 4.69) is 28.5 Å². The Morgan fingerprint density at radius 3 is 2.79 bits per heavy atom. The highest BCUT2D eigenvalue weighted by atomic mass is 32.2. The summed E-state index contributed by atoms with van der Waals surface area (Å²) in [6.07, 6.45) is 1.65. The largest absolute Gasteiger partial charge is 0.350 e. The summed E-state index contributed by atoms with van der Waals surface area (Å²) < 4.78 is 2.01. The summed E-state index contributed by atoms with van der Waals surface area (Å²) in [4.78, 5) is 18.3. The van der Waals surface area contributed by atoms with Crippen LogP contribution in [-0.4, -0.2) is 33.5 Å². The molecule has 0 bridgehead atoms. The zero-order valence-electron chi connectivity index (χ0n) is 15.0. The molecule has 3 aromatic rings. The zero-order valence-corrected chi connectivity index (χ0v) is 16.7. The van der Waals surface area contributed by atoms with E-state index in [-0.39, 0.29) is 11.9 Å². The van der Waals surface area contributed by atoms with Crippen molar-refractivity contribution in [1.82, 2.24) is 14.9 Å². The van der Waals surface area contributed by atoms with Gasteiger partial charge in [0.1, 0.15) is 5.69 Å². The number of fused-ring (bicyclic) bond motifs is 1. The van der Waals surface area contributed by atoms with Gasteiger partial charge in [0.15, 0.2) is 5.16 Å². The maximum Gasteiger partial charge on any atom is 0.269 e. The van der Waals surface area contributed by atoms with Crippen LogP contribution in [0.3, 0.4) is 0 Å². The Balaban J connectivity index is 1.42. The second-order valence-corrected chi connectivity index (χ2v) is 8.43. The van der Waals surface area contributed by atoms with Gasteiger partial charge < -0.3 is 9.88 Å². The van der Waals surface area contributed by atoms with E-state index < -0.39 is 0 Å². The van der Waals surface area contributed by atoms with Gasteiger partial charge in [-0.3, -0.25) is 4.79 Å². The molecule has 7 heteroatoms. The van der Waals surface area contributed by atoms with Gasteiger partial charge >= 0.3 is 0 Å². The van der Waals surface area contributed by atoms with Crippen LogP contribution in [0, 0.1) is 11.3 Å². The molecule has 140 valence electrons. The fraction of sp³-hybridized carbons (Fsp3) is 0.190. The minimum Gasteiger partial charge on any atom is -0.350 e. The number of hydrogen-bond acceptors (Lipinski definition) is 5. The van der Waals surface area contributed by atoms with E-state index >= 15 is 0 Å². The van der Waals surface area contributed by atoms with Crippen molar-refractivity contribution in [3.8, 4) is 6.07 Å². The first kappa shape index (κ1) is 18.7. The number of carbonyl (C=O) groups is 1. The van der Waals surface area contributed by atoms with Gasteiger partial charge in [-0.05, 0) is 29.8 Å². The zero-order chi connectivity index (χ0) is 19.3. The van der Waals surface area contributed by atoms with E-state index in [0.29, 0.717) is 17.8 Å². The minimum atomic E-state index is -0.103. The maximum atomic E-state index is 12.7. The SMILES string of the molecule is N#Cc1ccc(C2CSc3ncc(C(=O)NCCSc4ccccc4)n32)cc1. The molecule has 28 heavy (non-hydrogen) atoms. The molecule has 0 fully saturated rings. The predicted molar refractivity (Wildman–Crippen MR) is 112 cm³/mol. The lowest BCUT2D eigenvalue weighted by Crippen LogP contribution is -2.28. The molecule has 2 heterocycles.